The van der Waals surface area contributed by atoms with Crippen molar-refractivity contribution in [2.75, 3.05) is 0 Å². The van der Waals surface area contributed by atoms with E-state index >= 15 is 0 Å². The summed E-state index contributed by atoms with van der Waals surface area (Å²) in [6, 6.07) is 0. The quantitative estimate of drug-likeness (QED) is 0.760. The maximum absolute atomic E-state index is 5.45. The summed E-state index contributed by atoms with van der Waals surface area (Å²) in [5, 5.41) is 0. The van der Waals surface area contributed by atoms with Crippen LogP contribution in [-0.2, 0) is 5.54 Å². The lowest BCUT2D eigenvalue weighted by molar-refractivity contribution is 0.210. The molecule has 2 rings (SSSR count). The molecular formula is C13H22N2S. The van der Waals surface area contributed by atoms with Gasteiger partial charge in [-0.2, -0.15) is 0 Å². The van der Waals surface area contributed by atoms with E-state index in [0.717, 1.165) is 4.77 Å². The van der Waals surface area contributed by atoms with E-state index in [0.29, 0.717) is 5.92 Å². The number of H-pyrrole nitrogens is 1. The van der Waals surface area contributed by atoms with Crippen molar-refractivity contribution in [3.8, 4) is 0 Å². The zero-order valence-corrected chi connectivity index (χ0v) is 11.4. The van der Waals surface area contributed by atoms with Crippen molar-refractivity contribution in [1.82, 2.24) is 9.55 Å². The van der Waals surface area contributed by atoms with Gasteiger partial charge in [-0.25, -0.2) is 0 Å². The molecule has 0 aliphatic heterocycles. The molecular weight excluding hydrogens is 216 g/mol. The molecule has 2 nitrogen and oxygen atoms in total. The predicted molar refractivity (Wildman–Crippen MR) is 70.4 cm³/mol. The van der Waals surface area contributed by atoms with Gasteiger partial charge in [-0.15, -0.1) is 0 Å². The van der Waals surface area contributed by atoms with Crippen LogP contribution in [-0.4, -0.2) is 9.55 Å². The first kappa shape index (κ1) is 11.9. The highest BCUT2D eigenvalue weighted by molar-refractivity contribution is 7.71. The number of aromatic amines is 1. The summed E-state index contributed by atoms with van der Waals surface area (Å²) in [6.45, 7) is 6.84. The maximum atomic E-state index is 5.45. The van der Waals surface area contributed by atoms with E-state index in [4.69, 9.17) is 12.2 Å². The molecule has 0 saturated heterocycles. The van der Waals surface area contributed by atoms with Crippen LogP contribution >= 0.6 is 12.2 Å². The average molecular weight is 238 g/mol. The fourth-order valence-electron chi connectivity index (χ4n) is 2.90. The van der Waals surface area contributed by atoms with E-state index in [1.165, 1.54) is 37.8 Å². The topological polar surface area (TPSA) is 20.7 Å². The van der Waals surface area contributed by atoms with Crippen LogP contribution in [0.15, 0.2) is 6.20 Å². The molecule has 1 aliphatic carbocycles. The molecule has 1 aromatic rings. The Kier molecular flexibility index (Phi) is 3.24. The molecule has 0 spiro atoms. The van der Waals surface area contributed by atoms with E-state index < -0.39 is 0 Å². The van der Waals surface area contributed by atoms with Gasteiger partial charge >= 0.3 is 0 Å². The third kappa shape index (κ3) is 1.97. The fourth-order valence-corrected chi connectivity index (χ4v) is 3.29. The SMILES string of the molecule is CC(C)c1c[nH]c(=S)n1C1(C)CCCCC1. The second-order valence-electron chi connectivity index (χ2n) is 5.57. The highest BCUT2D eigenvalue weighted by atomic mass is 32.1. The molecule has 0 bridgehead atoms. The summed E-state index contributed by atoms with van der Waals surface area (Å²) >= 11 is 5.45. The predicted octanol–water partition coefficient (Wildman–Crippen LogP) is 4.35. The molecule has 0 aromatic carbocycles. The second kappa shape index (κ2) is 4.36. The van der Waals surface area contributed by atoms with Crippen LogP contribution in [0.1, 0.15) is 64.5 Å². The lowest BCUT2D eigenvalue weighted by Gasteiger charge is -2.37. The first-order valence-corrected chi connectivity index (χ1v) is 6.76. The monoisotopic (exact) mass is 238 g/mol. The Labute approximate surface area is 103 Å². The van der Waals surface area contributed by atoms with Gasteiger partial charge in [-0.1, -0.05) is 33.1 Å². The second-order valence-corrected chi connectivity index (χ2v) is 5.95. The van der Waals surface area contributed by atoms with Gasteiger partial charge < -0.3 is 9.55 Å². The number of aromatic nitrogens is 2. The number of nitrogens with zero attached hydrogens (tertiary/aromatic N) is 1. The summed E-state index contributed by atoms with van der Waals surface area (Å²) in [5.41, 5.74) is 1.60. The minimum absolute atomic E-state index is 0.245. The number of hydrogen-bond donors (Lipinski definition) is 1. The van der Waals surface area contributed by atoms with Gasteiger partial charge in [-0.05, 0) is 37.9 Å². The smallest absolute Gasteiger partial charge is 0.177 e. The van der Waals surface area contributed by atoms with Gasteiger partial charge in [-0.3, -0.25) is 0 Å². The molecule has 3 heteroatoms. The van der Waals surface area contributed by atoms with Crippen LogP contribution in [0.4, 0.5) is 0 Å². The molecule has 0 unspecified atom stereocenters. The third-order valence-corrected chi connectivity index (χ3v) is 4.17. The Bertz CT molecular complexity index is 408. The minimum atomic E-state index is 0.245. The molecule has 1 N–H and O–H groups in total. The Balaban J connectivity index is 2.45. The molecule has 0 amide bonds. The molecule has 16 heavy (non-hydrogen) atoms. The number of hydrogen-bond acceptors (Lipinski definition) is 1. The highest BCUT2D eigenvalue weighted by Crippen LogP contribution is 2.36. The van der Waals surface area contributed by atoms with Crippen molar-refractivity contribution in [1.29, 1.82) is 0 Å². The standard InChI is InChI=1S/C13H22N2S/c1-10(2)11-9-14-12(16)15(11)13(3)7-5-4-6-8-13/h9-10H,4-8H2,1-3H3,(H,14,16). The summed E-state index contributed by atoms with van der Waals surface area (Å²) in [5.74, 6) is 0.534. The molecule has 1 aliphatic rings. The molecule has 90 valence electrons. The fraction of sp³-hybridized carbons (Fsp3) is 0.769. The van der Waals surface area contributed by atoms with Gasteiger partial charge in [0.25, 0.3) is 0 Å². The van der Waals surface area contributed by atoms with Gasteiger partial charge in [0.15, 0.2) is 4.77 Å². The molecule has 1 saturated carbocycles. The zero-order chi connectivity index (χ0) is 11.8. The van der Waals surface area contributed by atoms with Crippen LogP contribution in [0.5, 0.6) is 0 Å². The van der Waals surface area contributed by atoms with E-state index in [1.807, 2.05) is 0 Å². The molecule has 1 heterocycles. The Morgan fingerprint density at radius 3 is 2.50 bits per heavy atom. The van der Waals surface area contributed by atoms with Crippen molar-refractivity contribution in [2.45, 2.75) is 64.3 Å². The van der Waals surface area contributed by atoms with Crippen molar-refractivity contribution in [3.05, 3.63) is 16.7 Å². The lowest BCUT2D eigenvalue weighted by Crippen LogP contribution is -2.34. The largest absolute Gasteiger partial charge is 0.337 e. The Morgan fingerprint density at radius 2 is 1.94 bits per heavy atom. The summed E-state index contributed by atoms with van der Waals surface area (Å²) in [7, 11) is 0. The van der Waals surface area contributed by atoms with E-state index in [9.17, 15) is 0 Å². The third-order valence-electron chi connectivity index (χ3n) is 3.87. The number of nitrogens with one attached hydrogen (secondary N) is 1. The van der Waals surface area contributed by atoms with E-state index in [-0.39, 0.29) is 5.54 Å². The minimum Gasteiger partial charge on any atom is -0.337 e. The summed E-state index contributed by atoms with van der Waals surface area (Å²) < 4.78 is 3.28. The van der Waals surface area contributed by atoms with Crippen molar-refractivity contribution in [3.63, 3.8) is 0 Å². The van der Waals surface area contributed by atoms with Crippen LogP contribution in [0.3, 0.4) is 0 Å². The average Bonchev–Trinajstić information content (AvgIpc) is 2.62. The van der Waals surface area contributed by atoms with E-state index in [2.05, 4.69) is 36.5 Å². The molecule has 0 atom stereocenters. The maximum Gasteiger partial charge on any atom is 0.177 e. The van der Waals surface area contributed by atoms with Crippen molar-refractivity contribution >= 4 is 12.2 Å². The lowest BCUT2D eigenvalue weighted by atomic mass is 9.82. The highest BCUT2D eigenvalue weighted by Gasteiger charge is 2.31. The Morgan fingerprint density at radius 1 is 1.31 bits per heavy atom. The van der Waals surface area contributed by atoms with Crippen LogP contribution in [0.2, 0.25) is 0 Å². The first-order chi connectivity index (χ1) is 7.54. The number of rotatable bonds is 2. The first-order valence-electron chi connectivity index (χ1n) is 6.35. The van der Waals surface area contributed by atoms with Crippen LogP contribution in [0, 0.1) is 4.77 Å². The Hall–Kier alpha value is -0.570. The van der Waals surface area contributed by atoms with Gasteiger partial charge in [0.1, 0.15) is 0 Å². The summed E-state index contributed by atoms with van der Waals surface area (Å²) in [4.78, 5) is 3.22. The van der Waals surface area contributed by atoms with Crippen molar-refractivity contribution in [2.24, 2.45) is 0 Å². The van der Waals surface area contributed by atoms with Crippen LogP contribution in [0.25, 0.3) is 0 Å². The summed E-state index contributed by atoms with van der Waals surface area (Å²) in [6.07, 6.45) is 8.66. The zero-order valence-electron chi connectivity index (χ0n) is 10.5. The van der Waals surface area contributed by atoms with Gasteiger partial charge in [0.2, 0.25) is 0 Å². The number of imidazole rings is 1. The normalized spacial score (nSPS) is 20.2. The van der Waals surface area contributed by atoms with Gasteiger partial charge in [0.05, 0.1) is 0 Å². The van der Waals surface area contributed by atoms with Crippen molar-refractivity contribution < 1.29 is 0 Å². The molecule has 1 aromatic heterocycles. The molecule has 1 fully saturated rings. The molecule has 0 radical (unpaired) electrons. The van der Waals surface area contributed by atoms with E-state index in [1.54, 1.807) is 0 Å². The van der Waals surface area contributed by atoms with Crippen LogP contribution < -0.4 is 0 Å². The van der Waals surface area contributed by atoms with Gasteiger partial charge in [0, 0.05) is 17.4 Å².